The van der Waals surface area contributed by atoms with Gasteiger partial charge in [0.25, 0.3) is 0 Å². The summed E-state index contributed by atoms with van der Waals surface area (Å²) in [6.45, 7) is 2.06. The smallest absolute Gasteiger partial charge is 0.154 e. The van der Waals surface area contributed by atoms with Crippen LogP contribution in [-0.4, -0.2) is 14.6 Å². The molecule has 0 bridgehead atoms. The molecule has 0 radical (unpaired) electrons. The van der Waals surface area contributed by atoms with Crippen LogP contribution in [0.4, 0.5) is 0 Å². The molecule has 3 nitrogen and oxygen atoms in total. The van der Waals surface area contributed by atoms with Crippen LogP contribution in [0, 0.1) is 6.92 Å². The first-order valence-electron chi connectivity index (χ1n) is 5.31. The fraction of sp³-hybridized carbons (Fsp3) is 0.0769. The van der Waals surface area contributed by atoms with Crippen LogP contribution in [0.5, 0.6) is 0 Å². The second-order valence-corrected chi connectivity index (χ2v) is 4.30. The second kappa shape index (κ2) is 3.86. The standard InChI is InChI=1S/C13H10ClN3/c1-9-2-4-10(5-3-9)11-8-12-13(14)15-6-7-17(12)16-11/h2-8H,1H3. The maximum absolute atomic E-state index is 6.01. The van der Waals surface area contributed by atoms with Gasteiger partial charge in [-0.3, -0.25) is 0 Å². The van der Waals surface area contributed by atoms with Gasteiger partial charge in [0.1, 0.15) is 5.52 Å². The number of rotatable bonds is 1. The van der Waals surface area contributed by atoms with Crippen LogP contribution >= 0.6 is 11.6 Å². The lowest BCUT2D eigenvalue weighted by Crippen LogP contribution is -1.88. The topological polar surface area (TPSA) is 30.2 Å². The SMILES string of the molecule is Cc1ccc(-c2cc3c(Cl)nccn3n2)cc1. The largest absolute Gasteiger partial charge is 0.241 e. The summed E-state index contributed by atoms with van der Waals surface area (Å²) < 4.78 is 1.74. The van der Waals surface area contributed by atoms with Crippen molar-refractivity contribution in [2.45, 2.75) is 6.92 Å². The summed E-state index contributed by atoms with van der Waals surface area (Å²) in [5, 5.41) is 4.94. The zero-order valence-corrected chi connectivity index (χ0v) is 10.0. The first-order valence-corrected chi connectivity index (χ1v) is 5.69. The average Bonchev–Trinajstić information content (AvgIpc) is 2.75. The van der Waals surface area contributed by atoms with Crippen molar-refractivity contribution >= 4 is 17.1 Å². The van der Waals surface area contributed by atoms with E-state index in [0.717, 1.165) is 16.8 Å². The molecule has 3 aromatic rings. The normalized spacial score (nSPS) is 10.9. The van der Waals surface area contributed by atoms with Gasteiger partial charge in [0.15, 0.2) is 5.15 Å². The van der Waals surface area contributed by atoms with Gasteiger partial charge >= 0.3 is 0 Å². The minimum atomic E-state index is 0.471. The van der Waals surface area contributed by atoms with Crippen molar-refractivity contribution in [1.29, 1.82) is 0 Å². The average molecular weight is 244 g/mol. The van der Waals surface area contributed by atoms with E-state index in [9.17, 15) is 0 Å². The fourth-order valence-electron chi connectivity index (χ4n) is 1.76. The zero-order chi connectivity index (χ0) is 11.8. The van der Waals surface area contributed by atoms with Crippen molar-refractivity contribution in [2.24, 2.45) is 0 Å². The molecular formula is C13H10ClN3. The van der Waals surface area contributed by atoms with Crippen LogP contribution in [0.1, 0.15) is 5.56 Å². The second-order valence-electron chi connectivity index (χ2n) is 3.94. The van der Waals surface area contributed by atoms with Crippen molar-refractivity contribution in [1.82, 2.24) is 14.6 Å². The number of aryl methyl sites for hydroxylation is 1. The van der Waals surface area contributed by atoms with E-state index in [4.69, 9.17) is 11.6 Å². The predicted octanol–water partition coefficient (Wildman–Crippen LogP) is 3.36. The fourth-order valence-corrected chi connectivity index (χ4v) is 1.95. The van der Waals surface area contributed by atoms with Gasteiger partial charge in [-0.05, 0) is 13.0 Å². The highest BCUT2D eigenvalue weighted by molar-refractivity contribution is 6.32. The van der Waals surface area contributed by atoms with Crippen molar-refractivity contribution in [3.8, 4) is 11.3 Å². The molecule has 0 atom stereocenters. The lowest BCUT2D eigenvalue weighted by Gasteiger charge is -1.96. The Hall–Kier alpha value is -1.87. The third-order valence-electron chi connectivity index (χ3n) is 2.69. The number of fused-ring (bicyclic) bond motifs is 1. The Morgan fingerprint density at radius 1 is 1.18 bits per heavy atom. The number of nitrogens with zero attached hydrogens (tertiary/aromatic N) is 3. The first-order chi connectivity index (χ1) is 8.24. The molecule has 0 amide bonds. The molecule has 1 aromatic carbocycles. The Labute approximate surface area is 104 Å². The van der Waals surface area contributed by atoms with E-state index in [1.54, 1.807) is 16.9 Å². The minimum absolute atomic E-state index is 0.471. The van der Waals surface area contributed by atoms with E-state index >= 15 is 0 Å². The maximum atomic E-state index is 6.01. The van der Waals surface area contributed by atoms with Gasteiger partial charge in [-0.1, -0.05) is 41.4 Å². The molecule has 2 heterocycles. The molecule has 0 spiro atoms. The molecular weight excluding hydrogens is 234 g/mol. The summed E-state index contributed by atoms with van der Waals surface area (Å²) in [4.78, 5) is 4.03. The van der Waals surface area contributed by atoms with Crippen molar-refractivity contribution in [3.63, 3.8) is 0 Å². The molecule has 0 N–H and O–H groups in total. The first kappa shape index (κ1) is 10.3. The molecule has 0 saturated carbocycles. The summed E-state index contributed by atoms with van der Waals surface area (Å²) >= 11 is 6.01. The van der Waals surface area contributed by atoms with E-state index in [1.165, 1.54) is 5.56 Å². The van der Waals surface area contributed by atoms with Crippen LogP contribution in [-0.2, 0) is 0 Å². The lowest BCUT2D eigenvalue weighted by molar-refractivity contribution is 0.950. The van der Waals surface area contributed by atoms with Crippen LogP contribution < -0.4 is 0 Å². The number of hydrogen-bond donors (Lipinski definition) is 0. The molecule has 0 aliphatic heterocycles. The maximum Gasteiger partial charge on any atom is 0.154 e. The predicted molar refractivity (Wildman–Crippen MR) is 68.2 cm³/mol. The van der Waals surface area contributed by atoms with Gasteiger partial charge in [-0.25, -0.2) is 9.50 Å². The highest BCUT2D eigenvalue weighted by atomic mass is 35.5. The Bertz CT molecular complexity index is 671. The Morgan fingerprint density at radius 2 is 1.94 bits per heavy atom. The minimum Gasteiger partial charge on any atom is -0.241 e. The van der Waals surface area contributed by atoms with E-state index in [-0.39, 0.29) is 0 Å². The Kier molecular flexibility index (Phi) is 2.34. The lowest BCUT2D eigenvalue weighted by atomic mass is 10.1. The molecule has 17 heavy (non-hydrogen) atoms. The molecule has 0 unspecified atom stereocenters. The molecule has 4 heteroatoms. The highest BCUT2D eigenvalue weighted by Crippen LogP contribution is 2.22. The van der Waals surface area contributed by atoms with Crippen molar-refractivity contribution < 1.29 is 0 Å². The van der Waals surface area contributed by atoms with Gasteiger partial charge in [-0.2, -0.15) is 5.10 Å². The number of benzene rings is 1. The summed E-state index contributed by atoms with van der Waals surface area (Å²) in [5.41, 5.74) is 4.04. The molecule has 0 aliphatic carbocycles. The summed E-state index contributed by atoms with van der Waals surface area (Å²) in [6, 6.07) is 10.2. The zero-order valence-electron chi connectivity index (χ0n) is 9.26. The summed E-state index contributed by atoms with van der Waals surface area (Å²) in [6.07, 6.45) is 3.43. The molecule has 0 fully saturated rings. The van der Waals surface area contributed by atoms with E-state index in [2.05, 4.69) is 41.3 Å². The summed E-state index contributed by atoms with van der Waals surface area (Å²) in [5.74, 6) is 0. The van der Waals surface area contributed by atoms with Crippen LogP contribution in [0.25, 0.3) is 16.8 Å². The van der Waals surface area contributed by atoms with Crippen molar-refractivity contribution in [3.05, 3.63) is 53.4 Å². The third kappa shape index (κ3) is 1.78. The van der Waals surface area contributed by atoms with Crippen LogP contribution in [0.15, 0.2) is 42.7 Å². The molecule has 2 aromatic heterocycles. The van der Waals surface area contributed by atoms with E-state index < -0.39 is 0 Å². The number of aromatic nitrogens is 3. The van der Waals surface area contributed by atoms with E-state index in [0.29, 0.717) is 5.15 Å². The Morgan fingerprint density at radius 3 is 2.65 bits per heavy atom. The molecule has 3 rings (SSSR count). The van der Waals surface area contributed by atoms with Crippen LogP contribution in [0.3, 0.4) is 0 Å². The number of hydrogen-bond acceptors (Lipinski definition) is 2. The van der Waals surface area contributed by atoms with Gasteiger partial charge in [0.05, 0.1) is 5.69 Å². The van der Waals surface area contributed by atoms with Gasteiger partial charge in [-0.15, -0.1) is 0 Å². The summed E-state index contributed by atoms with van der Waals surface area (Å²) in [7, 11) is 0. The molecule has 0 saturated heterocycles. The quantitative estimate of drug-likeness (QED) is 0.656. The monoisotopic (exact) mass is 243 g/mol. The van der Waals surface area contributed by atoms with Crippen LogP contribution in [0.2, 0.25) is 5.15 Å². The van der Waals surface area contributed by atoms with Gasteiger partial charge < -0.3 is 0 Å². The van der Waals surface area contributed by atoms with E-state index in [1.807, 2.05) is 6.07 Å². The Balaban J connectivity index is 2.18. The van der Waals surface area contributed by atoms with Gasteiger partial charge in [0, 0.05) is 18.0 Å². The van der Waals surface area contributed by atoms with Gasteiger partial charge in [0.2, 0.25) is 0 Å². The van der Waals surface area contributed by atoms with Crippen molar-refractivity contribution in [2.75, 3.05) is 0 Å². The number of halogens is 1. The molecule has 0 aliphatic rings. The highest BCUT2D eigenvalue weighted by Gasteiger charge is 2.06. The third-order valence-corrected chi connectivity index (χ3v) is 2.98. The molecule has 84 valence electrons.